The molecule has 1 aliphatic heterocycles. The molecule has 3 nitrogen and oxygen atoms in total. The third kappa shape index (κ3) is 2.19. The van der Waals surface area contributed by atoms with Crippen LogP contribution in [0.2, 0.25) is 0 Å². The van der Waals surface area contributed by atoms with E-state index in [4.69, 9.17) is 17.9 Å². The van der Waals surface area contributed by atoms with Crippen molar-refractivity contribution in [2.45, 2.75) is 39.7 Å². The summed E-state index contributed by atoms with van der Waals surface area (Å²) in [5, 5.41) is 0. The summed E-state index contributed by atoms with van der Waals surface area (Å²) in [6, 6.07) is 0. The smallest absolute Gasteiger partial charge is 0.216 e. The SMILES string of the molecule is [C-]#[N+]C1=C(C)CC(C)(C)O/C1=C(\C)[N+]#[C-]. The Morgan fingerprint density at radius 3 is 2.47 bits per heavy atom. The molecule has 0 aliphatic carbocycles. The Morgan fingerprint density at radius 2 is 2.00 bits per heavy atom. The monoisotopic (exact) mass is 202 g/mol. The van der Waals surface area contributed by atoms with Crippen LogP contribution >= 0.6 is 0 Å². The Kier molecular flexibility index (Phi) is 2.86. The third-order valence-corrected chi connectivity index (χ3v) is 2.30. The Morgan fingerprint density at radius 1 is 1.40 bits per heavy atom. The van der Waals surface area contributed by atoms with Gasteiger partial charge in [-0.2, -0.15) is 0 Å². The van der Waals surface area contributed by atoms with Gasteiger partial charge >= 0.3 is 0 Å². The number of hydrogen-bond donors (Lipinski definition) is 0. The molecule has 0 saturated carbocycles. The summed E-state index contributed by atoms with van der Waals surface area (Å²) in [5.74, 6) is 0.453. The van der Waals surface area contributed by atoms with Crippen LogP contribution in [0.3, 0.4) is 0 Å². The molecule has 3 heteroatoms. The van der Waals surface area contributed by atoms with Crippen LogP contribution in [0.25, 0.3) is 9.69 Å². The quantitative estimate of drug-likeness (QED) is 0.549. The molecule has 78 valence electrons. The van der Waals surface area contributed by atoms with Gasteiger partial charge in [-0.1, -0.05) is 12.5 Å². The van der Waals surface area contributed by atoms with E-state index in [2.05, 4.69) is 9.69 Å². The Labute approximate surface area is 90.7 Å². The van der Waals surface area contributed by atoms with Crippen LogP contribution < -0.4 is 0 Å². The molecule has 0 bridgehead atoms. The molecule has 0 atom stereocenters. The number of ether oxygens (including phenoxy) is 1. The highest BCUT2D eigenvalue weighted by atomic mass is 16.5. The van der Waals surface area contributed by atoms with Gasteiger partial charge in [0.2, 0.25) is 5.70 Å². The fraction of sp³-hybridized carbons (Fsp3) is 0.500. The minimum absolute atomic E-state index is 0.320. The molecule has 0 aromatic heterocycles. The zero-order valence-electron chi connectivity index (χ0n) is 9.51. The molecule has 0 spiro atoms. The van der Waals surface area contributed by atoms with Crippen molar-refractivity contribution < 1.29 is 4.74 Å². The molecule has 0 unspecified atom stereocenters. The average molecular weight is 202 g/mol. The van der Waals surface area contributed by atoms with Gasteiger partial charge < -0.3 is 4.74 Å². The molecule has 1 heterocycles. The van der Waals surface area contributed by atoms with E-state index in [0.29, 0.717) is 17.2 Å². The average Bonchev–Trinajstić information content (AvgIpc) is 2.14. The van der Waals surface area contributed by atoms with Crippen LogP contribution in [0.5, 0.6) is 0 Å². The van der Waals surface area contributed by atoms with E-state index in [9.17, 15) is 0 Å². The van der Waals surface area contributed by atoms with Crippen molar-refractivity contribution in [1.82, 2.24) is 0 Å². The second kappa shape index (κ2) is 3.79. The number of hydrogen-bond acceptors (Lipinski definition) is 1. The minimum atomic E-state index is -0.320. The maximum atomic E-state index is 7.11. The maximum Gasteiger partial charge on any atom is 0.216 e. The number of allylic oxidation sites excluding steroid dienone is 1. The van der Waals surface area contributed by atoms with Crippen LogP contribution in [-0.2, 0) is 4.74 Å². The van der Waals surface area contributed by atoms with Crippen molar-refractivity contribution in [3.05, 3.63) is 45.6 Å². The van der Waals surface area contributed by atoms with Gasteiger partial charge in [0.1, 0.15) is 11.4 Å². The van der Waals surface area contributed by atoms with Crippen LogP contribution in [0.15, 0.2) is 22.7 Å². The summed E-state index contributed by atoms with van der Waals surface area (Å²) in [7, 11) is 0. The summed E-state index contributed by atoms with van der Waals surface area (Å²) in [6.45, 7) is 21.6. The molecule has 1 rings (SSSR count). The van der Waals surface area contributed by atoms with E-state index in [1.807, 2.05) is 20.8 Å². The van der Waals surface area contributed by atoms with Crippen LogP contribution in [0.4, 0.5) is 0 Å². The lowest BCUT2D eigenvalue weighted by Gasteiger charge is -2.34. The first-order valence-electron chi connectivity index (χ1n) is 4.76. The Balaban J connectivity index is 3.36. The zero-order chi connectivity index (χ0) is 11.6. The number of rotatable bonds is 0. The molecule has 1 aliphatic rings. The van der Waals surface area contributed by atoms with Crippen LogP contribution in [-0.4, -0.2) is 5.60 Å². The number of nitrogens with zero attached hydrogens (tertiary/aromatic N) is 2. The lowest BCUT2D eigenvalue weighted by Crippen LogP contribution is -2.29. The van der Waals surface area contributed by atoms with E-state index in [1.165, 1.54) is 0 Å². The summed E-state index contributed by atoms with van der Waals surface area (Å²) < 4.78 is 5.69. The van der Waals surface area contributed by atoms with Gasteiger partial charge in [-0.3, -0.25) is 0 Å². The highest BCUT2D eigenvalue weighted by molar-refractivity contribution is 5.42. The molecule has 0 fully saturated rings. The first kappa shape index (κ1) is 11.3. The largest absolute Gasteiger partial charge is 0.510 e. The molecule has 0 amide bonds. The second-order valence-corrected chi connectivity index (χ2v) is 4.31. The Hall–Kier alpha value is -1.74. The molecular formula is C12H14N2O. The van der Waals surface area contributed by atoms with Crippen molar-refractivity contribution in [2.75, 3.05) is 0 Å². The van der Waals surface area contributed by atoms with Crippen molar-refractivity contribution in [3.63, 3.8) is 0 Å². The molecule has 15 heavy (non-hydrogen) atoms. The summed E-state index contributed by atoms with van der Waals surface area (Å²) >= 11 is 0. The lowest BCUT2D eigenvalue weighted by atomic mass is 9.94. The fourth-order valence-electron chi connectivity index (χ4n) is 1.72. The van der Waals surface area contributed by atoms with Crippen molar-refractivity contribution >= 4 is 0 Å². The normalized spacial score (nSPS) is 22.5. The predicted octanol–water partition coefficient (Wildman–Crippen LogP) is 3.53. The fourth-order valence-corrected chi connectivity index (χ4v) is 1.72. The second-order valence-electron chi connectivity index (χ2n) is 4.31. The van der Waals surface area contributed by atoms with E-state index in [1.54, 1.807) is 6.92 Å². The van der Waals surface area contributed by atoms with E-state index >= 15 is 0 Å². The lowest BCUT2D eigenvalue weighted by molar-refractivity contribution is 0.0303. The zero-order valence-corrected chi connectivity index (χ0v) is 9.51. The first-order valence-corrected chi connectivity index (χ1v) is 4.76. The Bertz CT molecular complexity index is 428. The third-order valence-electron chi connectivity index (χ3n) is 2.30. The summed E-state index contributed by atoms with van der Waals surface area (Å²) in [6.07, 6.45) is 0.736. The highest BCUT2D eigenvalue weighted by Gasteiger charge is 2.31. The first-order chi connectivity index (χ1) is 6.91. The van der Waals surface area contributed by atoms with Crippen LogP contribution in [0.1, 0.15) is 34.1 Å². The van der Waals surface area contributed by atoms with Gasteiger partial charge in [-0.15, -0.1) is 0 Å². The minimum Gasteiger partial charge on any atom is -0.510 e. The van der Waals surface area contributed by atoms with Crippen molar-refractivity contribution in [2.24, 2.45) is 0 Å². The summed E-state index contributed by atoms with van der Waals surface area (Å²) in [5.41, 5.74) is 1.63. The topological polar surface area (TPSA) is 17.9 Å². The molecule has 0 N–H and O–H groups in total. The standard InChI is InChI=1S/C12H14N2O/c1-8-7-12(3,4)15-11(9(2)13-5)10(8)14-6/h7H2,1-4H3/b11-9+. The van der Waals surface area contributed by atoms with Crippen LogP contribution in [0, 0.1) is 13.1 Å². The van der Waals surface area contributed by atoms with Crippen molar-refractivity contribution in [1.29, 1.82) is 0 Å². The maximum absolute atomic E-state index is 7.11. The summed E-state index contributed by atoms with van der Waals surface area (Å²) in [4.78, 5) is 6.79. The van der Waals surface area contributed by atoms with E-state index in [0.717, 1.165) is 12.0 Å². The molecule has 0 radical (unpaired) electrons. The molecular weight excluding hydrogens is 188 g/mol. The van der Waals surface area contributed by atoms with Gasteiger partial charge in [-0.05, 0) is 27.2 Å². The molecule has 0 aromatic carbocycles. The molecule has 0 aromatic rings. The van der Waals surface area contributed by atoms with Gasteiger partial charge in [-0.25, -0.2) is 9.69 Å². The molecule has 0 saturated heterocycles. The van der Waals surface area contributed by atoms with E-state index < -0.39 is 0 Å². The predicted molar refractivity (Wildman–Crippen MR) is 58.4 cm³/mol. The van der Waals surface area contributed by atoms with Gasteiger partial charge in [0.25, 0.3) is 0 Å². The van der Waals surface area contributed by atoms with Gasteiger partial charge in [0.05, 0.1) is 13.1 Å². The van der Waals surface area contributed by atoms with Gasteiger partial charge in [0.15, 0.2) is 5.70 Å². The van der Waals surface area contributed by atoms with Crippen molar-refractivity contribution in [3.8, 4) is 0 Å². The van der Waals surface area contributed by atoms with E-state index in [-0.39, 0.29) is 5.60 Å². The highest BCUT2D eigenvalue weighted by Crippen LogP contribution is 2.37. The van der Waals surface area contributed by atoms with Gasteiger partial charge in [0, 0.05) is 0 Å².